The van der Waals surface area contributed by atoms with Gasteiger partial charge in [-0.05, 0) is 13.3 Å². The predicted molar refractivity (Wildman–Crippen MR) is 62.7 cm³/mol. The molecule has 5 nitrogen and oxygen atoms in total. The van der Waals surface area contributed by atoms with Gasteiger partial charge in [-0.25, -0.2) is 4.79 Å². The van der Waals surface area contributed by atoms with Crippen molar-refractivity contribution in [1.29, 1.82) is 0 Å². The molecule has 5 heteroatoms. The zero-order chi connectivity index (χ0) is 13.1. The highest BCUT2D eigenvalue weighted by molar-refractivity contribution is 5.86. The van der Waals surface area contributed by atoms with Gasteiger partial charge in [0.15, 0.2) is 0 Å². The summed E-state index contributed by atoms with van der Waals surface area (Å²) in [6.07, 6.45) is 1.36. The molecule has 1 rings (SSSR count). The van der Waals surface area contributed by atoms with E-state index in [1.165, 1.54) is 11.8 Å². The van der Waals surface area contributed by atoms with Crippen LogP contribution in [0.2, 0.25) is 0 Å². The summed E-state index contributed by atoms with van der Waals surface area (Å²) < 4.78 is 5.39. The van der Waals surface area contributed by atoms with Gasteiger partial charge in [-0.3, -0.25) is 4.79 Å². The number of aliphatic carboxylic acids is 1. The van der Waals surface area contributed by atoms with Gasteiger partial charge in [-0.2, -0.15) is 0 Å². The van der Waals surface area contributed by atoms with Crippen LogP contribution in [0.5, 0.6) is 0 Å². The van der Waals surface area contributed by atoms with Crippen LogP contribution >= 0.6 is 0 Å². The van der Waals surface area contributed by atoms with Crippen LogP contribution in [0.15, 0.2) is 0 Å². The Bertz CT molecular complexity index is 305. The zero-order valence-corrected chi connectivity index (χ0v) is 10.7. The van der Waals surface area contributed by atoms with Crippen molar-refractivity contribution in [2.24, 2.45) is 0 Å². The van der Waals surface area contributed by atoms with Crippen molar-refractivity contribution in [3.63, 3.8) is 0 Å². The summed E-state index contributed by atoms with van der Waals surface area (Å²) in [5.74, 6) is -1.10. The van der Waals surface area contributed by atoms with Crippen molar-refractivity contribution in [1.82, 2.24) is 4.90 Å². The summed E-state index contributed by atoms with van der Waals surface area (Å²) in [4.78, 5) is 24.8. The van der Waals surface area contributed by atoms with Crippen LogP contribution < -0.4 is 0 Å². The van der Waals surface area contributed by atoms with Crippen molar-refractivity contribution < 1.29 is 19.4 Å². The van der Waals surface area contributed by atoms with Crippen molar-refractivity contribution in [2.45, 2.75) is 51.7 Å². The van der Waals surface area contributed by atoms with Crippen LogP contribution in [-0.4, -0.2) is 46.7 Å². The number of carboxylic acid groups (broad SMARTS) is 1. The van der Waals surface area contributed by atoms with Crippen molar-refractivity contribution in [3.05, 3.63) is 0 Å². The van der Waals surface area contributed by atoms with Gasteiger partial charge in [0.05, 0.1) is 6.10 Å². The Morgan fingerprint density at radius 3 is 2.59 bits per heavy atom. The second-order valence-electron chi connectivity index (χ2n) is 4.64. The third-order valence-corrected chi connectivity index (χ3v) is 3.29. The van der Waals surface area contributed by atoms with E-state index < -0.39 is 11.5 Å². The summed E-state index contributed by atoms with van der Waals surface area (Å²) in [5.41, 5.74) is -1.08. The van der Waals surface area contributed by atoms with E-state index in [0.717, 1.165) is 6.42 Å². The van der Waals surface area contributed by atoms with E-state index in [9.17, 15) is 14.7 Å². The van der Waals surface area contributed by atoms with E-state index in [1.54, 1.807) is 0 Å². The number of carbonyl (C=O) groups is 2. The Balaban J connectivity index is 3.03. The first-order chi connectivity index (χ1) is 7.94. The molecule has 17 heavy (non-hydrogen) atoms. The van der Waals surface area contributed by atoms with E-state index in [4.69, 9.17) is 4.74 Å². The molecule has 0 spiro atoms. The topological polar surface area (TPSA) is 66.8 Å². The van der Waals surface area contributed by atoms with Crippen molar-refractivity contribution in [3.8, 4) is 0 Å². The molecule has 0 aromatic carbocycles. The van der Waals surface area contributed by atoms with Gasteiger partial charge < -0.3 is 14.7 Å². The number of rotatable bonds is 4. The highest BCUT2D eigenvalue weighted by Crippen LogP contribution is 2.31. The molecular weight excluding hydrogens is 222 g/mol. The molecule has 2 atom stereocenters. The number of nitrogens with zero attached hydrogens (tertiary/aromatic N) is 1. The summed E-state index contributed by atoms with van der Waals surface area (Å²) in [7, 11) is 0. The minimum absolute atomic E-state index is 0.126. The standard InChI is InChI=1S/C12H21NO4/c1-4-6-13(10(3)14)12(11(15)16)5-7-17-9(2)8-12/h9H,4-8H2,1-3H3,(H,15,16). The van der Waals surface area contributed by atoms with Gasteiger partial charge in [0, 0.05) is 32.9 Å². The molecular formula is C12H21NO4. The quantitative estimate of drug-likeness (QED) is 0.807. The van der Waals surface area contributed by atoms with Crippen LogP contribution in [-0.2, 0) is 14.3 Å². The third-order valence-electron chi connectivity index (χ3n) is 3.29. The number of hydrogen-bond donors (Lipinski definition) is 1. The molecule has 0 radical (unpaired) electrons. The molecule has 0 aliphatic carbocycles. The molecule has 98 valence electrons. The second-order valence-corrected chi connectivity index (χ2v) is 4.64. The molecule has 0 saturated carbocycles. The maximum Gasteiger partial charge on any atom is 0.329 e. The molecule has 0 aromatic rings. The number of ether oxygens (including phenoxy) is 1. The molecule has 1 aliphatic rings. The molecule has 1 amide bonds. The fourth-order valence-electron chi connectivity index (χ4n) is 2.52. The molecule has 0 aromatic heterocycles. The summed E-state index contributed by atoms with van der Waals surface area (Å²) in [6, 6.07) is 0. The first kappa shape index (κ1) is 14.0. The zero-order valence-electron chi connectivity index (χ0n) is 10.7. The van der Waals surface area contributed by atoms with Gasteiger partial charge in [-0.1, -0.05) is 6.92 Å². The van der Waals surface area contributed by atoms with Crippen LogP contribution in [0.1, 0.15) is 40.0 Å². The molecule has 1 fully saturated rings. The summed E-state index contributed by atoms with van der Waals surface area (Å²) in [5, 5.41) is 9.50. The lowest BCUT2D eigenvalue weighted by molar-refractivity contribution is -0.169. The molecule has 0 bridgehead atoms. The number of carbonyl (C=O) groups excluding carboxylic acids is 1. The predicted octanol–water partition coefficient (Wildman–Crippen LogP) is 1.27. The van der Waals surface area contributed by atoms with E-state index in [-0.39, 0.29) is 12.0 Å². The Morgan fingerprint density at radius 2 is 2.18 bits per heavy atom. The van der Waals surface area contributed by atoms with Crippen LogP contribution in [0.3, 0.4) is 0 Å². The monoisotopic (exact) mass is 243 g/mol. The van der Waals surface area contributed by atoms with Gasteiger partial charge in [0.25, 0.3) is 0 Å². The highest BCUT2D eigenvalue weighted by atomic mass is 16.5. The minimum atomic E-state index is -1.08. The Labute approximate surface area is 102 Å². The van der Waals surface area contributed by atoms with E-state index in [0.29, 0.717) is 26.0 Å². The number of amides is 1. The van der Waals surface area contributed by atoms with Crippen LogP contribution in [0, 0.1) is 0 Å². The lowest BCUT2D eigenvalue weighted by Gasteiger charge is -2.44. The van der Waals surface area contributed by atoms with Crippen LogP contribution in [0.25, 0.3) is 0 Å². The largest absolute Gasteiger partial charge is 0.479 e. The maximum atomic E-state index is 11.7. The fourth-order valence-corrected chi connectivity index (χ4v) is 2.52. The fraction of sp³-hybridized carbons (Fsp3) is 0.833. The van der Waals surface area contributed by atoms with Gasteiger partial charge >= 0.3 is 5.97 Å². The van der Waals surface area contributed by atoms with Gasteiger partial charge in [0.2, 0.25) is 5.91 Å². The Morgan fingerprint density at radius 1 is 1.53 bits per heavy atom. The second kappa shape index (κ2) is 5.49. The Kier molecular flexibility index (Phi) is 4.51. The molecule has 1 saturated heterocycles. The third kappa shape index (κ3) is 2.77. The maximum absolute atomic E-state index is 11.7. The lowest BCUT2D eigenvalue weighted by Crippen LogP contribution is -2.60. The first-order valence-corrected chi connectivity index (χ1v) is 6.07. The average molecular weight is 243 g/mol. The first-order valence-electron chi connectivity index (χ1n) is 6.07. The Hall–Kier alpha value is -1.10. The normalized spacial score (nSPS) is 28.8. The van der Waals surface area contributed by atoms with E-state index >= 15 is 0 Å². The molecule has 1 aliphatic heterocycles. The summed E-state index contributed by atoms with van der Waals surface area (Å²) in [6.45, 7) is 6.09. The lowest BCUT2D eigenvalue weighted by atomic mass is 9.84. The molecule has 1 N–H and O–H groups in total. The summed E-state index contributed by atoms with van der Waals surface area (Å²) >= 11 is 0. The molecule has 2 unspecified atom stereocenters. The average Bonchev–Trinajstić information content (AvgIpc) is 2.25. The van der Waals surface area contributed by atoms with Crippen LogP contribution in [0.4, 0.5) is 0 Å². The van der Waals surface area contributed by atoms with Crippen molar-refractivity contribution >= 4 is 11.9 Å². The van der Waals surface area contributed by atoms with E-state index in [2.05, 4.69) is 0 Å². The minimum Gasteiger partial charge on any atom is -0.479 e. The number of carboxylic acids is 1. The smallest absolute Gasteiger partial charge is 0.329 e. The van der Waals surface area contributed by atoms with Gasteiger partial charge in [-0.15, -0.1) is 0 Å². The highest BCUT2D eigenvalue weighted by Gasteiger charge is 2.48. The number of hydrogen-bond acceptors (Lipinski definition) is 3. The SMILES string of the molecule is CCCN(C(C)=O)C1(C(=O)O)CCOC(C)C1. The molecule has 1 heterocycles. The van der Waals surface area contributed by atoms with E-state index in [1.807, 2.05) is 13.8 Å². The van der Waals surface area contributed by atoms with Crippen molar-refractivity contribution in [2.75, 3.05) is 13.2 Å². The van der Waals surface area contributed by atoms with Gasteiger partial charge in [0.1, 0.15) is 5.54 Å².